The highest BCUT2D eigenvalue weighted by atomic mass is 14.9. The van der Waals surface area contributed by atoms with Gasteiger partial charge >= 0.3 is 0 Å². The van der Waals surface area contributed by atoms with E-state index < -0.39 is 0 Å². The third-order valence-electron chi connectivity index (χ3n) is 4.98. The number of hydrogen-bond donors (Lipinski definition) is 1. The Morgan fingerprint density at radius 1 is 0.895 bits per heavy atom. The first kappa shape index (κ1) is 13.2. The molecule has 1 saturated carbocycles. The van der Waals surface area contributed by atoms with Gasteiger partial charge in [0.25, 0.3) is 0 Å². The molecule has 1 aromatic carbocycles. The van der Waals surface area contributed by atoms with Crippen molar-refractivity contribution < 1.29 is 0 Å². The van der Waals surface area contributed by atoms with Gasteiger partial charge in [0.2, 0.25) is 0 Å². The smallest absolute Gasteiger partial charge is 0.00173 e. The average Bonchev–Trinajstić information content (AvgIpc) is 2.50. The molecule has 2 aliphatic rings. The Bertz CT molecular complexity index is 369. The lowest BCUT2D eigenvalue weighted by Gasteiger charge is -2.24. The summed E-state index contributed by atoms with van der Waals surface area (Å²) < 4.78 is 0. The lowest BCUT2D eigenvalue weighted by atomic mass is 9.83. The van der Waals surface area contributed by atoms with Gasteiger partial charge in [0.15, 0.2) is 0 Å². The van der Waals surface area contributed by atoms with Crippen molar-refractivity contribution in [3.63, 3.8) is 0 Å². The van der Waals surface area contributed by atoms with Crippen molar-refractivity contribution in [3.8, 4) is 0 Å². The van der Waals surface area contributed by atoms with E-state index >= 15 is 0 Å². The van der Waals surface area contributed by atoms with Crippen molar-refractivity contribution in [2.45, 2.75) is 57.3 Å². The van der Waals surface area contributed by atoms with Gasteiger partial charge in [0.1, 0.15) is 0 Å². The number of rotatable bonds is 3. The van der Waals surface area contributed by atoms with Crippen molar-refractivity contribution >= 4 is 0 Å². The molecule has 0 spiro atoms. The fraction of sp³-hybridized carbons (Fsp3) is 0.667. The minimum Gasteiger partial charge on any atom is -0.316 e. The molecule has 3 rings (SSSR count). The summed E-state index contributed by atoms with van der Waals surface area (Å²) in [6.45, 7) is 2.43. The fourth-order valence-electron chi connectivity index (χ4n) is 3.79. The number of hydrogen-bond acceptors (Lipinski definition) is 1. The Morgan fingerprint density at radius 2 is 1.68 bits per heavy atom. The van der Waals surface area contributed by atoms with E-state index in [0.717, 1.165) is 11.8 Å². The standard InChI is InChI=1S/C18H27N/c1-2-6-17(7-3-1)18-10-8-15(9-11-18)13-16-5-4-12-19-14-16/h8-11,16-17,19H,1-7,12-14H2. The quantitative estimate of drug-likeness (QED) is 0.852. The molecule has 1 aromatic rings. The third kappa shape index (κ3) is 3.60. The van der Waals surface area contributed by atoms with Crippen LogP contribution < -0.4 is 5.32 Å². The van der Waals surface area contributed by atoms with Crippen LogP contribution in [0.15, 0.2) is 24.3 Å². The molecule has 19 heavy (non-hydrogen) atoms. The van der Waals surface area contributed by atoms with Gasteiger partial charge in [0, 0.05) is 0 Å². The maximum Gasteiger partial charge on any atom is -0.00173 e. The van der Waals surface area contributed by atoms with E-state index in [0.29, 0.717) is 0 Å². The van der Waals surface area contributed by atoms with E-state index in [1.807, 2.05) is 0 Å². The second kappa shape index (κ2) is 6.56. The van der Waals surface area contributed by atoms with Crippen LogP contribution in [0.1, 0.15) is 62.0 Å². The average molecular weight is 257 g/mol. The summed E-state index contributed by atoms with van der Waals surface area (Å²) >= 11 is 0. The Kier molecular flexibility index (Phi) is 4.55. The van der Waals surface area contributed by atoms with Crippen LogP contribution >= 0.6 is 0 Å². The molecule has 1 nitrogen and oxygen atoms in total. The summed E-state index contributed by atoms with van der Waals surface area (Å²) in [5.74, 6) is 1.70. The molecule has 1 atom stereocenters. The number of benzene rings is 1. The van der Waals surface area contributed by atoms with E-state index in [-0.39, 0.29) is 0 Å². The Labute approximate surface area is 117 Å². The summed E-state index contributed by atoms with van der Waals surface area (Å²) in [6.07, 6.45) is 11.1. The van der Waals surface area contributed by atoms with Gasteiger partial charge in [-0.25, -0.2) is 0 Å². The monoisotopic (exact) mass is 257 g/mol. The Hall–Kier alpha value is -0.820. The molecule has 0 radical (unpaired) electrons. The second-order valence-corrected chi connectivity index (χ2v) is 6.49. The molecule has 1 N–H and O–H groups in total. The summed E-state index contributed by atoms with van der Waals surface area (Å²) in [5.41, 5.74) is 3.12. The van der Waals surface area contributed by atoms with Gasteiger partial charge < -0.3 is 5.32 Å². The molecule has 1 saturated heterocycles. The zero-order valence-corrected chi connectivity index (χ0v) is 12.0. The van der Waals surface area contributed by atoms with Crippen LogP contribution in [-0.2, 0) is 6.42 Å². The fourth-order valence-corrected chi connectivity index (χ4v) is 3.79. The van der Waals surface area contributed by atoms with Crippen LogP contribution in [0.3, 0.4) is 0 Å². The van der Waals surface area contributed by atoms with Gasteiger partial charge in [-0.05, 0) is 68.2 Å². The van der Waals surface area contributed by atoms with Crippen LogP contribution in [-0.4, -0.2) is 13.1 Å². The molecule has 1 aliphatic heterocycles. The van der Waals surface area contributed by atoms with Gasteiger partial charge in [-0.3, -0.25) is 0 Å². The molecular formula is C18H27N. The molecule has 1 aliphatic carbocycles. The van der Waals surface area contributed by atoms with Crippen molar-refractivity contribution in [1.82, 2.24) is 5.32 Å². The molecule has 0 aromatic heterocycles. The first-order valence-corrected chi connectivity index (χ1v) is 8.21. The van der Waals surface area contributed by atoms with Gasteiger partial charge in [-0.1, -0.05) is 43.5 Å². The van der Waals surface area contributed by atoms with Gasteiger partial charge in [-0.15, -0.1) is 0 Å². The van der Waals surface area contributed by atoms with Gasteiger partial charge in [-0.2, -0.15) is 0 Å². The van der Waals surface area contributed by atoms with E-state index in [4.69, 9.17) is 0 Å². The minimum atomic E-state index is 0.846. The zero-order chi connectivity index (χ0) is 12.9. The number of piperidine rings is 1. The SMILES string of the molecule is c1cc(C2CCCCC2)ccc1CC1CCCNC1. The summed E-state index contributed by atoms with van der Waals surface area (Å²) in [6, 6.07) is 9.58. The molecule has 104 valence electrons. The summed E-state index contributed by atoms with van der Waals surface area (Å²) in [4.78, 5) is 0. The normalized spacial score (nSPS) is 25.4. The van der Waals surface area contributed by atoms with E-state index in [2.05, 4.69) is 29.6 Å². The van der Waals surface area contributed by atoms with Crippen LogP contribution in [0.25, 0.3) is 0 Å². The largest absolute Gasteiger partial charge is 0.316 e. The third-order valence-corrected chi connectivity index (χ3v) is 4.98. The van der Waals surface area contributed by atoms with Crippen molar-refractivity contribution in [2.75, 3.05) is 13.1 Å². The highest BCUT2D eigenvalue weighted by Crippen LogP contribution is 2.32. The Morgan fingerprint density at radius 3 is 2.37 bits per heavy atom. The summed E-state index contributed by atoms with van der Waals surface area (Å²) in [7, 11) is 0. The molecule has 1 heterocycles. The minimum absolute atomic E-state index is 0.846. The maximum atomic E-state index is 3.52. The first-order valence-electron chi connectivity index (χ1n) is 8.21. The van der Waals surface area contributed by atoms with Crippen LogP contribution in [0.4, 0.5) is 0 Å². The topological polar surface area (TPSA) is 12.0 Å². The zero-order valence-electron chi connectivity index (χ0n) is 12.0. The lowest BCUT2D eigenvalue weighted by molar-refractivity contribution is 0.376. The maximum absolute atomic E-state index is 3.52. The first-order chi connectivity index (χ1) is 9.42. The predicted octanol–water partition coefficient (Wildman–Crippen LogP) is 4.28. The van der Waals surface area contributed by atoms with Crippen molar-refractivity contribution in [2.24, 2.45) is 5.92 Å². The van der Waals surface area contributed by atoms with Crippen molar-refractivity contribution in [1.29, 1.82) is 0 Å². The van der Waals surface area contributed by atoms with E-state index in [1.54, 1.807) is 5.56 Å². The predicted molar refractivity (Wildman–Crippen MR) is 81.6 cm³/mol. The van der Waals surface area contributed by atoms with Crippen molar-refractivity contribution in [3.05, 3.63) is 35.4 Å². The van der Waals surface area contributed by atoms with Crippen LogP contribution in [0, 0.1) is 5.92 Å². The van der Waals surface area contributed by atoms with E-state index in [9.17, 15) is 0 Å². The highest BCUT2D eigenvalue weighted by Gasteiger charge is 2.16. The highest BCUT2D eigenvalue weighted by molar-refractivity contribution is 5.26. The van der Waals surface area contributed by atoms with E-state index in [1.165, 1.54) is 70.0 Å². The van der Waals surface area contributed by atoms with Crippen LogP contribution in [0.5, 0.6) is 0 Å². The molecule has 2 fully saturated rings. The van der Waals surface area contributed by atoms with Crippen LogP contribution in [0.2, 0.25) is 0 Å². The molecule has 1 heteroatoms. The molecule has 0 bridgehead atoms. The number of nitrogens with one attached hydrogen (secondary N) is 1. The second-order valence-electron chi connectivity index (χ2n) is 6.49. The molecule has 1 unspecified atom stereocenters. The van der Waals surface area contributed by atoms with Gasteiger partial charge in [0.05, 0.1) is 0 Å². The molecular weight excluding hydrogens is 230 g/mol. The molecule has 0 amide bonds. The summed E-state index contributed by atoms with van der Waals surface area (Å²) in [5, 5.41) is 3.52. The lowest BCUT2D eigenvalue weighted by Crippen LogP contribution is -2.30. The Balaban J connectivity index is 1.58.